The molecule has 4 aromatic carbocycles. The van der Waals surface area contributed by atoms with Crippen LogP contribution in [0.2, 0.25) is 5.02 Å². The molecule has 3 amide bonds. The molecule has 0 spiro atoms. The molecular formula is C31H23ClFN3O5S. The Hall–Kier alpha value is -4.80. The minimum absolute atomic E-state index is 0.00471. The molecule has 11 heteroatoms. The Morgan fingerprint density at radius 1 is 0.857 bits per heavy atom. The molecule has 5 rings (SSSR count). The number of carbonyl (C=O) groups is 3. The number of imide groups is 1. The number of halogens is 2. The fraction of sp³-hybridized carbons (Fsp3) is 0.0645. The van der Waals surface area contributed by atoms with Crippen molar-refractivity contribution in [3.63, 3.8) is 0 Å². The number of amides is 3. The monoisotopic (exact) mass is 603 g/mol. The minimum atomic E-state index is -0.623. The van der Waals surface area contributed by atoms with E-state index in [4.69, 9.17) is 21.1 Å². The van der Waals surface area contributed by atoms with E-state index in [1.165, 1.54) is 38.5 Å². The average Bonchev–Trinajstić information content (AvgIpc) is 3.22. The Kier molecular flexibility index (Phi) is 8.46. The Labute approximate surface area is 250 Å². The molecule has 0 bridgehead atoms. The maximum Gasteiger partial charge on any atom is 0.283 e. The van der Waals surface area contributed by atoms with Gasteiger partial charge >= 0.3 is 0 Å². The molecule has 0 fully saturated rings. The van der Waals surface area contributed by atoms with Crippen molar-refractivity contribution in [1.29, 1.82) is 0 Å². The molecule has 1 aliphatic rings. The number of hydrogen-bond donors (Lipinski definition) is 2. The number of rotatable bonds is 9. The molecular weight excluding hydrogens is 581 g/mol. The van der Waals surface area contributed by atoms with Crippen LogP contribution in [-0.2, 0) is 9.59 Å². The maximum atomic E-state index is 13.8. The van der Waals surface area contributed by atoms with E-state index in [-0.39, 0.29) is 27.9 Å². The molecule has 0 saturated carbocycles. The lowest BCUT2D eigenvalue weighted by Crippen LogP contribution is -2.32. The second-order valence-corrected chi connectivity index (χ2v) is 10.4. The first kappa shape index (κ1) is 28.7. The van der Waals surface area contributed by atoms with Gasteiger partial charge in [-0.25, -0.2) is 9.29 Å². The van der Waals surface area contributed by atoms with E-state index in [0.717, 1.165) is 16.7 Å². The van der Waals surface area contributed by atoms with Gasteiger partial charge in [-0.2, -0.15) is 0 Å². The number of hydrogen-bond acceptors (Lipinski definition) is 7. The zero-order chi connectivity index (χ0) is 29.8. The van der Waals surface area contributed by atoms with Gasteiger partial charge in [0.05, 0.1) is 19.9 Å². The van der Waals surface area contributed by atoms with Crippen molar-refractivity contribution in [2.75, 3.05) is 29.8 Å². The first-order valence-corrected chi connectivity index (χ1v) is 13.7. The predicted molar refractivity (Wildman–Crippen MR) is 161 cm³/mol. The van der Waals surface area contributed by atoms with E-state index in [1.807, 2.05) is 0 Å². The van der Waals surface area contributed by atoms with Crippen LogP contribution >= 0.6 is 23.4 Å². The highest BCUT2D eigenvalue weighted by Crippen LogP contribution is 2.42. The molecule has 1 aliphatic heterocycles. The number of benzene rings is 4. The Bertz CT molecular complexity index is 1710. The zero-order valence-electron chi connectivity index (χ0n) is 22.3. The van der Waals surface area contributed by atoms with Crippen molar-refractivity contribution in [2.45, 2.75) is 4.90 Å². The number of nitrogens with zero attached hydrogens (tertiary/aromatic N) is 1. The second kappa shape index (κ2) is 12.4. The van der Waals surface area contributed by atoms with Crippen LogP contribution in [0, 0.1) is 5.82 Å². The summed E-state index contributed by atoms with van der Waals surface area (Å²) in [5.41, 5.74) is 1.56. The van der Waals surface area contributed by atoms with Crippen molar-refractivity contribution in [1.82, 2.24) is 0 Å². The van der Waals surface area contributed by atoms with Crippen molar-refractivity contribution >= 4 is 58.1 Å². The summed E-state index contributed by atoms with van der Waals surface area (Å²) in [6, 6.07) is 23.5. The van der Waals surface area contributed by atoms with Crippen LogP contribution in [0.4, 0.5) is 21.5 Å². The maximum absolute atomic E-state index is 13.8. The van der Waals surface area contributed by atoms with E-state index in [0.29, 0.717) is 32.6 Å². The summed E-state index contributed by atoms with van der Waals surface area (Å²) in [6.07, 6.45) is 0. The number of ether oxygens (including phenoxy) is 2. The average molecular weight is 604 g/mol. The smallest absolute Gasteiger partial charge is 0.283 e. The SMILES string of the molecule is COc1ccc(N2C(=O)C(Nc3ccc(F)cc3)=C(Sc3cccc(NC(=O)c4ccc(Cl)cc4)c3)C2=O)c(OC)c1. The van der Waals surface area contributed by atoms with Crippen LogP contribution in [-0.4, -0.2) is 31.9 Å². The minimum Gasteiger partial charge on any atom is -0.497 e. The molecule has 212 valence electrons. The van der Waals surface area contributed by atoms with E-state index in [1.54, 1.807) is 66.7 Å². The largest absolute Gasteiger partial charge is 0.497 e. The van der Waals surface area contributed by atoms with Crippen molar-refractivity contribution in [3.8, 4) is 11.5 Å². The summed E-state index contributed by atoms with van der Waals surface area (Å²) < 4.78 is 24.3. The van der Waals surface area contributed by atoms with Gasteiger partial charge in [-0.1, -0.05) is 29.4 Å². The molecule has 4 aromatic rings. The van der Waals surface area contributed by atoms with Crippen LogP contribution < -0.4 is 25.0 Å². The van der Waals surface area contributed by atoms with Gasteiger partial charge in [0.1, 0.15) is 27.9 Å². The molecule has 0 aromatic heterocycles. The van der Waals surface area contributed by atoms with Gasteiger partial charge in [-0.05, 0) is 78.9 Å². The molecule has 42 heavy (non-hydrogen) atoms. The standard InChI is InChI=1S/C31H23ClFN3O5S/c1-40-23-14-15-25(26(17-23)41-2)36-30(38)27(34-21-12-10-20(33)11-13-21)28(31(36)39)42-24-5-3-4-22(16-24)35-29(37)18-6-8-19(32)9-7-18/h3-17,34H,1-2H3,(H,35,37). The fourth-order valence-corrected chi connectivity index (χ4v) is 5.25. The third-order valence-corrected chi connectivity index (χ3v) is 7.53. The normalized spacial score (nSPS) is 12.9. The topological polar surface area (TPSA) is 97.0 Å². The van der Waals surface area contributed by atoms with Crippen molar-refractivity contribution in [2.24, 2.45) is 0 Å². The lowest BCUT2D eigenvalue weighted by molar-refractivity contribution is -0.120. The highest BCUT2D eigenvalue weighted by atomic mass is 35.5. The highest BCUT2D eigenvalue weighted by molar-refractivity contribution is 8.04. The molecule has 0 saturated heterocycles. The van der Waals surface area contributed by atoms with Crippen LogP contribution in [0.1, 0.15) is 10.4 Å². The summed E-state index contributed by atoms with van der Waals surface area (Å²) >= 11 is 6.97. The first-order chi connectivity index (χ1) is 20.3. The summed E-state index contributed by atoms with van der Waals surface area (Å²) in [5.74, 6) is -1.25. The summed E-state index contributed by atoms with van der Waals surface area (Å²) in [7, 11) is 2.92. The Morgan fingerprint density at radius 3 is 2.29 bits per heavy atom. The predicted octanol–water partition coefficient (Wildman–Crippen LogP) is 6.74. The van der Waals surface area contributed by atoms with E-state index in [2.05, 4.69) is 10.6 Å². The quantitative estimate of drug-likeness (QED) is 0.205. The third-order valence-electron chi connectivity index (χ3n) is 6.20. The van der Waals surface area contributed by atoms with Gasteiger partial charge in [0.2, 0.25) is 0 Å². The molecule has 0 unspecified atom stereocenters. The number of carbonyl (C=O) groups excluding carboxylic acids is 3. The zero-order valence-corrected chi connectivity index (χ0v) is 23.9. The summed E-state index contributed by atoms with van der Waals surface area (Å²) in [5, 5.41) is 6.33. The van der Waals surface area contributed by atoms with E-state index in [9.17, 15) is 18.8 Å². The van der Waals surface area contributed by atoms with Crippen LogP contribution in [0.3, 0.4) is 0 Å². The Balaban J connectivity index is 1.48. The van der Waals surface area contributed by atoms with Gasteiger partial charge in [-0.3, -0.25) is 14.4 Å². The van der Waals surface area contributed by atoms with Gasteiger partial charge in [-0.15, -0.1) is 0 Å². The number of methoxy groups -OCH3 is 2. The van der Waals surface area contributed by atoms with E-state index < -0.39 is 17.6 Å². The van der Waals surface area contributed by atoms with Crippen LogP contribution in [0.5, 0.6) is 11.5 Å². The Morgan fingerprint density at radius 2 is 1.60 bits per heavy atom. The van der Waals surface area contributed by atoms with Gasteiger partial charge < -0.3 is 20.1 Å². The number of thioether (sulfide) groups is 1. The molecule has 2 N–H and O–H groups in total. The summed E-state index contributed by atoms with van der Waals surface area (Å²) in [6.45, 7) is 0. The lowest BCUT2D eigenvalue weighted by atomic mass is 10.2. The van der Waals surface area contributed by atoms with Crippen LogP contribution in [0.15, 0.2) is 106 Å². The second-order valence-electron chi connectivity index (χ2n) is 8.91. The van der Waals surface area contributed by atoms with Gasteiger partial charge in [0.25, 0.3) is 17.7 Å². The number of nitrogens with one attached hydrogen (secondary N) is 2. The molecule has 0 aliphatic carbocycles. The fourth-order valence-electron chi connectivity index (χ4n) is 4.14. The molecule has 8 nitrogen and oxygen atoms in total. The lowest BCUT2D eigenvalue weighted by Gasteiger charge is -2.19. The third kappa shape index (κ3) is 6.09. The highest BCUT2D eigenvalue weighted by Gasteiger charge is 2.41. The van der Waals surface area contributed by atoms with Gasteiger partial charge in [0.15, 0.2) is 0 Å². The van der Waals surface area contributed by atoms with Crippen molar-refractivity contribution < 1.29 is 28.2 Å². The first-order valence-electron chi connectivity index (χ1n) is 12.5. The molecule has 1 heterocycles. The summed E-state index contributed by atoms with van der Waals surface area (Å²) in [4.78, 5) is 42.0. The molecule has 0 atom stereocenters. The number of anilines is 3. The van der Waals surface area contributed by atoms with Gasteiger partial charge in [0, 0.05) is 32.9 Å². The van der Waals surface area contributed by atoms with Crippen molar-refractivity contribution in [3.05, 3.63) is 118 Å². The molecule has 0 radical (unpaired) electrons. The van der Waals surface area contributed by atoms with E-state index >= 15 is 0 Å². The van der Waals surface area contributed by atoms with Crippen LogP contribution in [0.25, 0.3) is 0 Å².